The minimum Gasteiger partial charge on any atom is -0.456 e. The zero-order chi connectivity index (χ0) is 15.8. The molecule has 1 heterocycles. The first-order chi connectivity index (χ1) is 9.73. The van der Waals surface area contributed by atoms with Gasteiger partial charge >= 0.3 is 11.6 Å². The van der Waals surface area contributed by atoms with Crippen molar-refractivity contribution in [2.75, 3.05) is 5.73 Å². The smallest absolute Gasteiger partial charge is 0.351 e. The molecule has 112 valence electrons. The van der Waals surface area contributed by atoms with Gasteiger partial charge in [0.15, 0.2) is 5.56 Å². The molecule has 0 saturated heterocycles. The molecule has 2 aromatic rings. The molecule has 0 aliphatic carbocycles. The minimum atomic E-state index is -0.780. The summed E-state index contributed by atoms with van der Waals surface area (Å²) in [5.41, 5.74) is 5.13. The van der Waals surface area contributed by atoms with E-state index in [1.165, 1.54) is 6.07 Å². The zero-order valence-corrected chi connectivity index (χ0v) is 12.8. The topological polar surface area (TPSA) is 82.5 Å². The van der Waals surface area contributed by atoms with Crippen LogP contribution in [0.15, 0.2) is 27.4 Å². The standard InChI is InChI=1S/C15H16ClNO4/c1-15(2,3)21-14(19)12-10(7-16)9-5-4-8(17)6-11(9)20-13(12)18/h4-6H,7,17H2,1-3H3. The summed E-state index contributed by atoms with van der Waals surface area (Å²) in [7, 11) is 0. The van der Waals surface area contributed by atoms with Crippen LogP contribution in [0.1, 0.15) is 36.7 Å². The van der Waals surface area contributed by atoms with Gasteiger partial charge in [-0.05, 0) is 38.5 Å². The summed E-state index contributed by atoms with van der Waals surface area (Å²) < 4.78 is 10.4. The van der Waals surface area contributed by atoms with Crippen molar-refractivity contribution in [2.24, 2.45) is 0 Å². The highest BCUT2D eigenvalue weighted by Crippen LogP contribution is 2.25. The van der Waals surface area contributed by atoms with E-state index in [1.54, 1.807) is 32.9 Å². The molecular weight excluding hydrogens is 294 g/mol. The first-order valence-corrected chi connectivity index (χ1v) is 6.91. The van der Waals surface area contributed by atoms with Crippen LogP contribution in [-0.2, 0) is 10.6 Å². The van der Waals surface area contributed by atoms with E-state index in [0.29, 0.717) is 22.2 Å². The van der Waals surface area contributed by atoms with Gasteiger partial charge in [-0.2, -0.15) is 0 Å². The maximum absolute atomic E-state index is 12.2. The van der Waals surface area contributed by atoms with Gasteiger partial charge in [0.1, 0.15) is 11.2 Å². The summed E-state index contributed by atoms with van der Waals surface area (Å²) in [4.78, 5) is 24.3. The third-order valence-corrected chi connectivity index (χ3v) is 3.04. The third-order valence-electron chi connectivity index (χ3n) is 2.78. The predicted octanol–water partition coefficient (Wildman–Crippen LogP) is 3.07. The Hall–Kier alpha value is -2.01. The molecule has 0 bridgehead atoms. The Morgan fingerprint density at radius 2 is 2.05 bits per heavy atom. The molecule has 1 aromatic carbocycles. The van der Waals surface area contributed by atoms with E-state index >= 15 is 0 Å². The molecule has 0 saturated carbocycles. The molecule has 0 fully saturated rings. The quantitative estimate of drug-likeness (QED) is 0.399. The number of anilines is 1. The van der Waals surface area contributed by atoms with E-state index in [1.807, 2.05) is 0 Å². The predicted molar refractivity (Wildman–Crippen MR) is 81.6 cm³/mol. The SMILES string of the molecule is CC(C)(C)OC(=O)c1c(CCl)c2ccc(N)cc2oc1=O. The Morgan fingerprint density at radius 1 is 1.38 bits per heavy atom. The lowest BCUT2D eigenvalue weighted by molar-refractivity contribution is 0.00645. The number of nitrogen functional groups attached to an aromatic ring is 1. The average molecular weight is 310 g/mol. The summed E-state index contributed by atoms with van der Waals surface area (Å²) in [5.74, 6) is -0.758. The van der Waals surface area contributed by atoms with Crippen molar-refractivity contribution in [1.82, 2.24) is 0 Å². The Bertz CT molecular complexity index is 759. The summed E-state index contributed by atoms with van der Waals surface area (Å²) >= 11 is 5.92. The number of hydrogen-bond acceptors (Lipinski definition) is 5. The Kier molecular flexibility index (Phi) is 3.96. The molecule has 0 unspecified atom stereocenters. The van der Waals surface area contributed by atoms with Crippen molar-refractivity contribution >= 4 is 34.2 Å². The molecule has 2 rings (SSSR count). The van der Waals surface area contributed by atoms with Gasteiger partial charge in [-0.25, -0.2) is 9.59 Å². The van der Waals surface area contributed by atoms with Crippen LogP contribution in [0.25, 0.3) is 11.0 Å². The van der Waals surface area contributed by atoms with Crippen molar-refractivity contribution in [3.8, 4) is 0 Å². The fraction of sp³-hybridized carbons (Fsp3) is 0.333. The summed E-state index contributed by atoms with van der Waals surface area (Å²) in [5, 5.41) is 0.569. The molecule has 0 atom stereocenters. The van der Waals surface area contributed by atoms with E-state index in [9.17, 15) is 9.59 Å². The minimum absolute atomic E-state index is 0.0133. The number of carbonyl (C=O) groups excluding carboxylic acids is 1. The van der Waals surface area contributed by atoms with Crippen molar-refractivity contribution < 1.29 is 13.9 Å². The third kappa shape index (κ3) is 3.19. The number of rotatable bonds is 2. The van der Waals surface area contributed by atoms with Gasteiger partial charge in [0.2, 0.25) is 0 Å². The Morgan fingerprint density at radius 3 is 2.62 bits per heavy atom. The highest BCUT2D eigenvalue weighted by molar-refractivity contribution is 6.19. The van der Waals surface area contributed by atoms with E-state index in [-0.39, 0.29) is 11.4 Å². The number of carbonyl (C=O) groups is 1. The lowest BCUT2D eigenvalue weighted by Gasteiger charge is -2.20. The van der Waals surface area contributed by atoms with Gasteiger partial charge in [-0.1, -0.05) is 0 Å². The van der Waals surface area contributed by atoms with Crippen molar-refractivity contribution in [2.45, 2.75) is 32.3 Å². The van der Waals surface area contributed by atoms with E-state index < -0.39 is 17.2 Å². The van der Waals surface area contributed by atoms with Gasteiger partial charge < -0.3 is 14.9 Å². The molecule has 0 amide bonds. The number of benzene rings is 1. The number of ether oxygens (including phenoxy) is 1. The largest absolute Gasteiger partial charge is 0.456 e. The lowest BCUT2D eigenvalue weighted by Crippen LogP contribution is -2.28. The van der Waals surface area contributed by atoms with Crippen LogP contribution in [-0.4, -0.2) is 11.6 Å². The maximum atomic E-state index is 12.2. The van der Waals surface area contributed by atoms with Crippen molar-refractivity contribution in [3.63, 3.8) is 0 Å². The number of hydrogen-bond donors (Lipinski definition) is 1. The van der Waals surface area contributed by atoms with Gasteiger partial charge in [0.05, 0.1) is 0 Å². The molecule has 0 radical (unpaired) electrons. The zero-order valence-electron chi connectivity index (χ0n) is 12.0. The molecule has 0 aliphatic rings. The number of alkyl halides is 1. The monoisotopic (exact) mass is 309 g/mol. The van der Waals surface area contributed by atoms with Gasteiger partial charge in [-0.3, -0.25) is 0 Å². The molecule has 5 nitrogen and oxygen atoms in total. The van der Waals surface area contributed by atoms with Crippen LogP contribution in [0.5, 0.6) is 0 Å². The second-order valence-electron chi connectivity index (χ2n) is 5.63. The number of fused-ring (bicyclic) bond motifs is 1. The maximum Gasteiger partial charge on any atom is 0.351 e. The van der Waals surface area contributed by atoms with Crippen LogP contribution >= 0.6 is 11.6 Å². The van der Waals surface area contributed by atoms with Crippen LogP contribution in [0.2, 0.25) is 0 Å². The first kappa shape index (κ1) is 15.4. The van der Waals surface area contributed by atoms with E-state index in [4.69, 9.17) is 26.5 Å². The highest BCUT2D eigenvalue weighted by atomic mass is 35.5. The molecule has 0 aliphatic heterocycles. The summed E-state index contributed by atoms with van der Waals surface area (Å²) in [6.45, 7) is 5.15. The van der Waals surface area contributed by atoms with Crippen LogP contribution < -0.4 is 11.4 Å². The van der Waals surface area contributed by atoms with E-state index in [2.05, 4.69) is 0 Å². The Balaban J connectivity index is 2.69. The molecule has 0 spiro atoms. The number of esters is 1. The number of nitrogens with two attached hydrogens (primary N) is 1. The van der Waals surface area contributed by atoms with Gasteiger partial charge in [0.25, 0.3) is 0 Å². The van der Waals surface area contributed by atoms with Gasteiger partial charge in [-0.15, -0.1) is 11.6 Å². The summed E-state index contributed by atoms with van der Waals surface area (Å²) in [6.07, 6.45) is 0. The molecule has 1 aromatic heterocycles. The second-order valence-corrected chi connectivity index (χ2v) is 5.90. The molecule has 2 N–H and O–H groups in total. The van der Waals surface area contributed by atoms with Crippen LogP contribution in [0.4, 0.5) is 5.69 Å². The van der Waals surface area contributed by atoms with E-state index in [0.717, 1.165) is 0 Å². The normalized spacial score (nSPS) is 11.6. The first-order valence-electron chi connectivity index (χ1n) is 6.37. The molecule has 21 heavy (non-hydrogen) atoms. The van der Waals surface area contributed by atoms with Gasteiger partial charge in [0, 0.05) is 23.0 Å². The fourth-order valence-corrected chi connectivity index (χ4v) is 2.23. The fourth-order valence-electron chi connectivity index (χ4n) is 1.96. The average Bonchev–Trinajstić information content (AvgIpc) is 2.34. The number of halogens is 1. The second kappa shape index (κ2) is 5.41. The Labute approximate surface area is 126 Å². The van der Waals surface area contributed by atoms with Crippen molar-refractivity contribution in [1.29, 1.82) is 0 Å². The van der Waals surface area contributed by atoms with Crippen LogP contribution in [0.3, 0.4) is 0 Å². The molecule has 6 heteroatoms. The lowest BCUT2D eigenvalue weighted by atomic mass is 10.1. The van der Waals surface area contributed by atoms with Crippen molar-refractivity contribution in [3.05, 3.63) is 39.7 Å². The summed E-state index contributed by atoms with van der Waals surface area (Å²) in [6, 6.07) is 4.84. The highest BCUT2D eigenvalue weighted by Gasteiger charge is 2.25. The van der Waals surface area contributed by atoms with Crippen LogP contribution in [0, 0.1) is 0 Å². The molecular formula is C15H16ClNO4.